The van der Waals surface area contributed by atoms with Crippen LogP contribution in [0.1, 0.15) is 59.8 Å². The molecule has 2 amide bonds. The summed E-state index contributed by atoms with van der Waals surface area (Å²) in [7, 11) is 3.47. The Kier molecular flexibility index (Phi) is 8.16. The SMILES string of the molecule is CC1CCCCC1NC(=NCC(=O)N(C)C)NC1CCN(C(=O)OC(C)(C)C)C1. The molecular formula is C21H39N5O3. The maximum atomic E-state index is 12.3. The molecule has 2 fully saturated rings. The second-order valence-electron chi connectivity index (χ2n) is 9.52. The fraction of sp³-hybridized carbons (Fsp3) is 0.857. The van der Waals surface area contributed by atoms with Crippen LogP contribution in [0.15, 0.2) is 4.99 Å². The van der Waals surface area contributed by atoms with Gasteiger partial charge in [0.15, 0.2) is 5.96 Å². The molecule has 1 heterocycles. The predicted octanol–water partition coefficient (Wildman–Crippen LogP) is 2.20. The number of nitrogens with one attached hydrogen (secondary N) is 2. The number of likely N-dealkylation sites (N-methyl/N-ethyl adjacent to an activating group) is 1. The Hall–Kier alpha value is -1.99. The van der Waals surface area contributed by atoms with E-state index in [1.165, 1.54) is 19.3 Å². The Balaban J connectivity index is 1.98. The summed E-state index contributed by atoms with van der Waals surface area (Å²) in [5.74, 6) is 1.20. The van der Waals surface area contributed by atoms with E-state index >= 15 is 0 Å². The zero-order chi connectivity index (χ0) is 21.6. The number of hydrogen-bond acceptors (Lipinski definition) is 4. The Bertz CT molecular complexity index is 600. The van der Waals surface area contributed by atoms with Crippen LogP contribution in [0, 0.1) is 5.92 Å². The second-order valence-corrected chi connectivity index (χ2v) is 9.52. The summed E-state index contributed by atoms with van der Waals surface area (Å²) in [5.41, 5.74) is -0.500. The summed E-state index contributed by atoms with van der Waals surface area (Å²) in [6, 6.07) is 0.440. The molecule has 166 valence electrons. The largest absolute Gasteiger partial charge is 0.444 e. The van der Waals surface area contributed by atoms with E-state index in [1.54, 1.807) is 23.9 Å². The molecule has 2 aliphatic rings. The Morgan fingerprint density at radius 1 is 1.14 bits per heavy atom. The first-order valence-corrected chi connectivity index (χ1v) is 10.8. The molecule has 0 bridgehead atoms. The lowest BCUT2D eigenvalue weighted by atomic mass is 9.86. The first-order valence-electron chi connectivity index (χ1n) is 10.8. The molecule has 1 aliphatic carbocycles. The lowest BCUT2D eigenvalue weighted by molar-refractivity contribution is -0.127. The Morgan fingerprint density at radius 3 is 2.45 bits per heavy atom. The molecule has 8 nitrogen and oxygen atoms in total. The van der Waals surface area contributed by atoms with Gasteiger partial charge in [-0.3, -0.25) is 4.79 Å². The maximum absolute atomic E-state index is 12.3. The highest BCUT2D eigenvalue weighted by molar-refractivity contribution is 5.85. The summed E-state index contributed by atoms with van der Waals surface area (Å²) in [6.45, 7) is 9.20. The topological polar surface area (TPSA) is 86.3 Å². The molecule has 0 aromatic carbocycles. The highest BCUT2D eigenvalue weighted by Gasteiger charge is 2.31. The predicted molar refractivity (Wildman–Crippen MR) is 115 cm³/mol. The number of rotatable bonds is 4. The van der Waals surface area contributed by atoms with Crippen molar-refractivity contribution in [2.75, 3.05) is 33.7 Å². The number of likely N-dealkylation sites (tertiary alicyclic amines) is 1. The van der Waals surface area contributed by atoms with Gasteiger partial charge < -0.3 is 25.2 Å². The lowest BCUT2D eigenvalue weighted by Crippen LogP contribution is -2.51. The van der Waals surface area contributed by atoms with Crippen molar-refractivity contribution in [1.29, 1.82) is 0 Å². The number of aliphatic imine (C=N–C) groups is 1. The summed E-state index contributed by atoms with van der Waals surface area (Å²) in [4.78, 5) is 32.1. The highest BCUT2D eigenvalue weighted by atomic mass is 16.6. The van der Waals surface area contributed by atoms with E-state index in [2.05, 4.69) is 22.5 Å². The van der Waals surface area contributed by atoms with E-state index < -0.39 is 5.60 Å². The van der Waals surface area contributed by atoms with Crippen molar-refractivity contribution in [3.8, 4) is 0 Å². The summed E-state index contributed by atoms with van der Waals surface area (Å²) >= 11 is 0. The maximum Gasteiger partial charge on any atom is 0.410 e. The molecular weight excluding hydrogens is 370 g/mol. The fourth-order valence-corrected chi connectivity index (χ4v) is 3.69. The molecule has 3 atom stereocenters. The van der Waals surface area contributed by atoms with Gasteiger partial charge in [0, 0.05) is 39.3 Å². The van der Waals surface area contributed by atoms with Crippen LogP contribution >= 0.6 is 0 Å². The van der Waals surface area contributed by atoms with E-state index in [4.69, 9.17) is 4.74 Å². The summed E-state index contributed by atoms with van der Waals surface area (Å²) in [5, 5.41) is 6.99. The van der Waals surface area contributed by atoms with Gasteiger partial charge in [-0.25, -0.2) is 9.79 Å². The average Bonchev–Trinajstić information content (AvgIpc) is 3.08. The number of ether oxygens (including phenoxy) is 1. The van der Waals surface area contributed by atoms with Gasteiger partial charge in [-0.1, -0.05) is 19.8 Å². The third-order valence-corrected chi connectivity index (χ3v) is 5.49. The minimum atomic E-state index is -0.500. The summed E-state index contributed by atoms with van der Waals surface area (Å²) < 4.78 is 5.48. The molecule has 2 N–H and O–H groups in total. The normalized spacial score (nSPS) is 25.5. The van der Waals surface area contributed by atoms with Gasteiger partial charge in [0.25, 0.3) is 0 Å². The van der Waals surface area contributed by atoms with Crippen LogP contribution in [0.5, 0.6) is 0 Å². The van der Waals surface area contributed by atoms with E-state index in [-0.39, 0.29) is 24.6 Å². The zero-order valence-corrected chi connectivity index (χ0v) is 19.0. The zero-order valence-electron chi connectivity index (χ0n) is 19.0. The molecule has 0 aromatic heterocycles. The minimum absolute atomic E-state index is 0.0374. The Labute approximate surface area is 175 Å². The van der Waals surface area contributed by atoms with Gasteiger partial charge >= 0.3 is 6.09 Å². The minimum Gasteiger partial charge on any atom is -0.444 e. The number of carbonyl (C=O) groups is 2. The molecule has 0 aromatic rings. The quantitative estimate of drug-likeness (QED) is 0.549. The van der Waals surface area contributed by atoms with Crippen molar-refractivity contribution in [3.05, 3.63) is 0 Å². The van der Waals surface area contributed by atoms with Gasteiger partial charge in [0.1, 0.15) is 12.1 Å². The van der Waals surface area contributed by atoms with Gasteiger partial charge in [0.2, 0.25) is 5.91 Å². The second kappa shape index (κ2) is 10.2. The molecule has 0 radical (unpaired) electrons. The molecule has 0 spiro atoms. The molecule has 3 unspecified atom stereocenters. The van der Waals surface area contributed by atoms with Crippen LogP contribution in [0.4, 0.5) is 4.79 Å². The van der Waals surface area contributed by atoms with Crippen LogP contribution in [0.3, 0.4) is 0 Å². The van der Waals surface area contributed by atoms with Crippen LogP contribution in [-0.2, 0) is 9.53 Å². The molecule has 1 saturated heterocycles. The average molecular weight is 410 g/mol. The lowest BCUT2D eigenvalue weighted by Gasteiger charge is -2.31. The van der Waals surface area contributed by atoms with Crippen molar-refractivity contribution >= 4 is 18.0 Å². The van der Waals surface area contributed by atoms with Gasteiger partial charge in [-0.15, -0.1) is 0 Å². The number of amides is 2. The van der Waals surface area contributed by atoms with Crippen LogP contribution in [-0.4, -0.2) is 79.2 Å². The monoisotopic (exact) mass is 409 g/mol. The molecule has 8 heteroatoms. The van der Waals surface area contributed by atoms with Crippen LogP contribution in [0.25, 0.3) is 0 Å². The highest BCUT2D eigenvalue weighted by Crippen LogP contribution is 2.23. The first kappa shape index (κ1) is 23.3. The van der Waals surface area contributed by atoms with Crippen molar-refractivity contribution < 1.29 is 14.3 Å². The van der Waals surface area contributed by atoms with E-state index in [1.807, 2.05) is 20.8 Å². The third-order valence-electron chi connectivity index (χ3n) is 5.49. The van der Waals surface area contributed by atoms with Crippen molar-refractivity contribution in [3.63, 3.8) is 0 Å². The summed E-state index contributed by atoms with van der Waals surface area (Å²) in [6.07, 6.45) is 5.34. The van der Waals surface area contributed by atoms with Gasteiger partial charge in [-0.05, 0) is 46.0 Å². The van der Waals surface area contributed by atoms with Crippen molar-refractivity contribution in [2.45, 2.75) is 77.5 Å². The molecule has 2 rings (SSSR count). The number of hydrogen-bond donors (Lipinski definition) is 2. The van der Waals surface area contributed by atoms with Crippen LogP contribution < -0.4 is 10.6 Å². The fourth-order valence-electron chi connectivity index (χ4n) is 3.69. The molecule has 29 heavy (non-hydrogen) atoms. The van der Waals surface area contributed by atoms with E-state index in [0.717, 1.165) is 12.8 Å². The number of carbonyl (C=O) groups excluding carboxylic acids is 2. The standard InChI is InChI=1S/C21H39N5O3/c1-15-9-7-8-10-17(15)24-19(22-13-18(27)25(5)6)23-16-11-12-26(14-16)20(28)29-21(2,3)4/h15-17H,7-14H2,1-6H3,(H2,22,23,24). The van der Waals surface area contributed by atoms with E-state index in [0.29, 0.717) is 31.0 Å². The Morgan fingerprint density at radius 2 is 1.83 bits per heavy atom. The third kappa shape index (κ3) is 7.74. The smallest absolute Gasteiger partial charge is 0.410 e. The molecule has 1 saturated carbocycles. The van der Waals surface area contributed by atoms with E-state index in [9.17, 15) is 9.59 Å². The number of nitrogens with zero attached hydrogens (tertiary/aromatic N) is 3. The number of guanidine groups is 1. The van der Waals surface area contributed by atoms with Gasteiger partial charge in [-0.2, -0.15) is 0 Å². The molecule has 1 aliphatic heterocycles. The van der Waals surface area contributed by atoms with Crippen molar-refractivity contribution in [1.82, 2.24) is 20.4 Å². The van der Waals surface area contributed by atoms with Crippen LogP contribution in [0.2, 0.25) is 0 Å². The first-order chi connectivity index (χ1) is 13.5. The van der Waals surface area contributed by atoms with Crippen molar-refractivity contribution in [2.24, 2.45) is 10.9 Å². The van der Waals surface area contributed by atoms with Gasteiger partial charge in [0.05, 0.1) is 0 Å².